The smallest absolute Gasteiger partial charge is 0.0318 e. The van der Waals surface area contributed by atoms with E-state index in [0.717, 1.165) is 15.8 Å². The molecule has 0 nitrogen and oxygen atoms in total. The Morgan fingerprint density at radius 1 is 1.50 bits per heavy atom. The second-order valence-corrected chi connectivity index (χ2v) is 4.95. The SMILES string of the molecule is CC1=CC(C)C(C)CC1I. The van der Waals surface area contributed by atoms with Crippen molar-refractivity contribution in [3.05, 3.63) is 11.6 Å². The predicted octanol–water partition coefficient (Wildman–Crippen LogP) is 3.41. The number of allylic oxidation sites excluding steroid dienone is 2. The summed E-state index contributed by atoms with van der Waals surface area (Å²) in [6.45, 7) is 6.91. The van der Waals surface area contributed by atoms with Crippen LogP contribution in [-0.2, 0) is 0 Å². The van der Waals surface area contributed by atoms with Crippen LogP contribution >= 0.6 is 22.6 Å². The minimum absolute atomic E-state index is 0.795. The summed E-state index contributed by atoms with van der Waals surface area (Å²) in [5.41, 5.74) is 1.58. The van der Waals surface area contributed by atoms with Gasteiger partial charge in [-0.25, -0.2) is 0 Å². The van der Waals surface area contributed by atoms with Gasteiger partial charge in [-0.1, -0.05) is 48.1 Å². The molecule has 1 aliphatic carbocycles. The third-order valence-electron chi connectivity index (χ3n) is 2.50. The van der Waals surface area contributed by atoms with Crippen LogP contribution in [0, 0.1) is 11.8 Å². The molecular weight excluding hydrogens is 235 g/mol. The van der Waals surface area contributed by atoms with Crippen LogP contribution in [0.5, 0.6) is 0 Å². The fourth-order valence-corrected chi connectivity index (χ4v) is 2.42. The van der Waals surface area contributed by atoms with Crippen LogP contribution in [0.3, 0.4) is 0 Å². The molecule has 0 heterocycles. The third-order valence-corrected chi connectivity index (χ3v) is 3.99. The van der Waals surface area contributed by atoms with E-state index in [-0.39, 0.29) is 0 Å². The van der Waals surface area contributed by atoms with Crippen LogP contribution in [0.4, 0.5) is 0 Å². The van der Waals surface area contributed by atoms with Gasteiger partial charge in [-0.05, 0) is 25.2 Å². The van der Waals surface area contributed by atoms with Gasteiger partial charge in [0.15, 0.2) is 0 Å². The first-order chi connectivity index (χ1) is 4.61. The van der Waals surface area contributed by atoms with Crippen molar-refractivity contribution in [3.8, 4) is 0 Å². The summed E-state index contributed by atoms with van der Waals surface area (Å²) in [6.07, 6.45) is 3.79. The van der Waals surface area contributed by atoms with Gasteiger partial charge in [-0.15, -0.1) is 0 Å². The Balaban J connectivity index is 2.69. The summed E-state index contributed by atoms with van der Waals surface area (Å²) in [7, 11) is 0. The van der Waals surface area contributed by atoms with Gasteiger partial charge in [-0.3, -0.25) is 0 Å². The van der Waals surface area contributed by atoms with E-state index in [1.54, 1.807) is 5.57 Å². The monoisotopic (exact) mass is 250 g/mol. The first-order valence-corrected chi connectivity index (χ1v) is 5.18. The van der Waals surface area contributed by atoms with E-state index in [4.69, 9.17) is 0 Å². The molecule has 10 heavy (non-hydrogen) atoms. The molecule has 3 atom stereocenters. The number of hydrogen-bond donors (Lipinski definition) is 0. The fraction of sp³-hybridized carbons (Fsp3) is 0.778. The Labute approximate surface area is 77.2 Å². The maximum Gasteiger partial charge on any atom is 0.0318 e. The normalized spacial score (nSPS) is 41.2. The van der Waals surface area contributed by atoms with E-state index in [1.165, 1.54) is 6.42 Å². The molecular formula is C9H15I. The lowest BCUT2D eigenvalue weighted by atomic mass is 9.84. The molecule has 1 rings (SSSR count). The minimum Gasteiger partial charge on any atom is -0.0814 e. The molecule has 0 aromatic rings. The molecule has 1 heteroatoms. The first-order valence-electron chi connectivity index (χ1n) is 3.93. The Bertz CT molecular complexity index is 149. The van der Waals surface area contributed by atoms with E-state index in [0.29, 0.717) is 0 Å². The molecule has 58 valence electrons. The van der Waals surface area contributed by atoms with Gasteiger partial charge in [0.1, 0.15) is 0 Å². The highest BCUT2D eigenvalue weighted by Crippen LogP contribution is 2.32. The first kappa shape index (κ1) is 8.57. The standard InChI is InChI=1S/C9H15I/c1-6-4-8(3)9(10)5-7(6)2/h4,6-7,9H,5H2,1-3H3. The summed E-state index contributed by atoms with van der Waals surface area (Å²) >= 11 is 2.54. The molecule has 0 radical (unpaired) electrons. The molecule has 0 amide bonds. The van der Waals surface area contributed by atoms with E-state index >= 15 is 0 Å². The maximum atomic E-state index is 2.54. The summed E-state index contributed by atoms with van der Waals surface area (Å²) in [6, 6.07) is 0. The minimum atomic E-state index is 0.795. The number of hydrogen-bond acceptors (Lipinski definition) is 0. The topological polar surface area (TPSA) is 0 Å². The zero-order valence-corrected chi connectivity index (χ0v) is 9.05. The third kappa shape index (κ3) is 1.74. The van der Waals surface area contributed by atoms with E-state index < -0.39 is 0 Å². The highest BCUT2D eigenvalue weighted by Gasteiger charge is 2.21. The lowest BCUT2D eigenvalue weighted by Crippen LogP contribution is -2.18. The summed E-state index contributed by atoms with van der Waals surface area (Å²) in [5, 5.41) is 0. The van der Waals surface area contributed by atoms with Crippen molar-refractivity contribution < 1.29 is 0 Å². The fourth-order valence-electron chi connectivity index (χ4n) is 1.41. The van der Waals surface area contributed by atoms with Crippen molar-refractivity contribution in [2.24, 2.45) is 11.8 Å². The Morgan fingerprint density at radius 3 is 2.60 bits per heavy atom. The van der Waals surface area contributed by atoms with Gasteiger partial charge < -0.3 is 0 Å². The van der Waals surface area contributed by atoms with Crippen LogP contribution in [0.25, 0.3) is 0 Å². The quantitative estimate of drug-likeness (QED) is 0.351. The predicted molar refractivity (Wildman–Crippen MR) is 54.5 cm³/mol. The molecule has 1 aliphatic rings. The van der Waals surface area contributed by atoms with Crippen molar-refractivity contribution in [1.82, 2.24) is 0 Å². The van der Waals surface area contributed by atoms with E-state index in [9.17, 15) is 0 Å². The van der Waals surface area contributed by atoms with Gasteiger partial charge in [0.25, 0.3) is 0 Å². The summed E-state index contributed by atoms with van der Waals surface area (Å²) < 4.78 is 0.795. The van der Waals surface area contributed by atoms with Gasteiger partial charge in [0, 0.05) is 3.92 Å². The largest absolute Gasteiger partial charge is 0.0814 e. The number of rotatable bonds is 0. The molecule has 0 saturated carbocycles. The lowest BCUT2D eigenvalue weighted by molar-refractivity contribution is 0.414. The zero-order valence-electron chi connectivity index (χ0n) is 6.89. The second-order valence-electron chi connectivity index (χ2n) is 3.45. The lowest BCUT2D eigenvalue weighted by Gasteiger charge is -2.27. The van der Waals surface area contributed by atoms with E-state index in [2.05, 4.69) is 49.4 Å². The maximum absolute atomic E-state index is 2.54. The number of halogens is 1. The molecule has 0 saturated heterocycles. The molecule has 0 spiro atoms. The van der Waals surface area contributed by atoms with Crippen molar-refractivity contribution in [3.63, 3.8) is 0 Å². The van der Waals surface area contributed by atoms with Crippen molar-refractivity contribution in [2.45, 2.75) is 31.1 Å². The molecule has 0 aliphatic heterocycles. The van der Waals surface area contributed by atoms with Gasteiger partial charge in [0.05, 0.1) is 0 Å². The Kier molecular flexibility index (Phi) is 2.78. The van der Waals surface area contributed by atoms with Crippen molar-refractivity contribution >= 4 is 22.6 Å². The zero-order chi connectivity index (χ0) is 7.72. The average Bonchev–Trinajstić information content (AvgIpc) is 1.84. The van der Waals surface area contributed by atoms with Gasteiger partial charge in [0.2, 0.25) is 0 Å². The molecule has 3 unspecified atom stereocenters. The Hall–Kier alpha value is 0.470. The van der Waals surface area contributed by atoms with Crippen LogP contribution in [0.1, 0.15) is 27.2 Å². The van der Waals surface area contributed by atoms with Crippen LogP contribution in [0.2, 0.25) is 0 Å². The molecule has 0 fully saturated rings. The summed E-state index contributed by atoms with van der Waals surface area (Å²) in [5.74, 6) is 1.68. The number of alkyl halides is 1. The molecule has 0 aromatic carbocycles. The van der Waals surface area contributed by atoms with E-state index in [1.807, 2.05) is 0 Å². The molecule has 0 aromatic heterocycles. The van der Waals surface area contributed by atoms with Crippen molar-refractivity contribution in [1.29, 1.82) is 0 Å². The Morgan fingerprint density at radius 2 is 2.10 bits per heavy atom. The molecule has 0 N–H and O–H groups in total. The summed E-state index contributed by atoms with van der Waals surface area (Å²) in [4.78, 5) is 0. The van der Waals surface area contributed by atoms with Crippen molar-refractivity contribution in [2.75, 3.05) is 0 Å². The van der Waals surface area contributed by atoms with Crippen LogP contribution in [0.15, 0.2) is 11.6 Å². The van der Waals surface area contributed by atoms with Gasteiger partial charge in [-0.2, -0.15) is 0 Å². The average molecular weight is 250 g/mol. The highest BCUT2D eigenvalue weighted by molar-refractivity contribution is 14.1. The van der Waals surface area contributed by atoms with Gasteiger partial charge >= 0.3 is 0 Å². The van der Waals surface area contributed by atoms with Crippen LogP contribution in [-0.4, -0.2) is 3.92 Å². The highest BCUT2D eigenvalue weighted by atomic mass is 127. The second kappa shape index (κ2) is 3.24. The molecule has 0 bridgehead atoms. The van der Waals surface area contributed by atoms with Crippen LogP contribution < -0.4 is 0 Å².